The Labute approximate surface area is 160 Å². The molecule has 0 aliphatic carbocycles. The van der Waals surface area contributed by atoms with Crippen LogP contribution in [0.4, 0.5) is 0 Å². The van der Waals surface area contributed by atoms with Crippen LogP contribution in [0, 0.1) is 6.92 Å². The number of H-pyrrole nitrogens is 1. The Hall–Kier alpha value is -2.05. The number of para-hydroxylation sites is 1. The van der Waals surface area contributed by atoms with Gasteiger partial charge in [0.25, 0.3) is 11.7 Å². The maximum atomic E-state index is 12.9. The number of nitrogens with one attached hydrogen (secondary N) is 1. The van der Waals surface area contributed by atoms with Gasteiger partial charge in [-0.1, -0.05) is 24.3 Å². The summed E-state index contributed by atoms with van der Waals surface area (Å²) in [4.78, 5) is 32.1. The molecule has 1 aliphatic rings. The van der Waals surface area contributed by atoms with E-state index in [0.717, 1.165) is 28.8 Å². The lowest BCUT2D eigenvalue weighted by molar-refractivity contribution is -0.126. The summed E-state index contributed by atoms with van der Waals surface area (Å²) in [7, 11) is 0. The molecule has 1 N–H and O–H groups in total. The number of aromatic nitrogens is 1. The van der Waals surface area contributed by atoms with E-state index in [9.17, 15) is 9.59 Å². The highest BCUT2D eigenvalue weighted by atomic mass is 32.2. The van der Waals surface area contributed by atoms with E-state index in [1.807, 2.05) is 43.0 Å². The van der Waals surface area contributed by atoms with E-state index in [1.54, 1.807) is 16.2 Å². The SMILES string of the molecule is Cc1[nH]c2ccccc2c1C(=O)C(=O)N1CCSC(c2cccs2)CC1. The molecular weight excluding hydrogens is 364 g/mol. The Kier molecular flexibility index (Phi) is 4.87. The predicted octanol–water partition coefficient (Wildman–Crippen LogP) is 4.43. The number of amides is 1. The molecule has 3 heterocycles. The van der Waals surface area contributed by atoms with Crippen molar-refractivity contribution in [1.29, 1.82) is 0 Å². The van der Waals surface area contributed by atoms with Gasteiger partial charge in [-0.3, -0.25) is 9.59 Å². The normalized spacial score (nSPS) is 18.0. The molecule has 1 unspecified atom stereocenters. The molecule has 1 aliphatic heterocycles. The van der Waals surface area contributed by atoms with E-state index in [0.29, 0.717) is 23.9 Å². The molecule has 3 aromatic rings. The van der Waals surface area contributed by atoms with Gasteiger partial charge in [-0.2, -0.15) is 11.8 Å². The summed E-state index contributed by atoms with van der Waals surface area (Å²) in [6.07, 6.45) is 0.886. The number of aryl methyl sites for hydroxylation is 1. The standard InChI is InChI=1S/C20H20N2O2S2/c1-13-18(14-5-2-3-6-15(14)21-13)19(23)20(24)22-9-8-17(26-12-10-22)16-7-4-11-25-16/h2-7,11,17,21H,8-10,12H2,1H3. The Morgan fingerprint density at radius 2 is 2.00 bits per heavy atom. The third-order valence-electron chi connectivity index (χ3n) is 4.80. The van der Waals surface area contributed by atoms with Gasteiger partial charge in [-0.05, 0) is 30.9 Å². The lowest BCUT2D eigenvalue weighted by Gasteiger charge is -2.19. The number of benzene rings is 1. The first-order valence-corrected chi connectivity index (χ1v) is 10.6. The summed E-state index contributed by atoms with van der Waals surface area (Å²) in [6.45, 7) is 3.10. The van der Waals surface area contributed by atoms with Crippen molar-refractivity contribution in [3.8, 4) is 0 Å². The van der Waals surface area contributed by atoms with Crippen molar-refractivity contribution in [3.63, 3.8) is 0 Å². The smallest absolute Gasteiger partial charge is 0.295 e. The lowest BCUT2D eigenvalue weighted by Crippen LogP contribution is -2.38. The predicted molar refractivity (Wildman–Crippen MR) is 108 cm³/mol. The number of Topliss-reactive ketones (excluding diaryl/α,β-unsaturated/α-hetero) is 1. The van der Waals surface area contributed by atoms with Gasteiger partial charge in [-0.25, -0.2) is 0 Å². The summed E-state index contributed by atoms with van der Waals surface area (Å²) in [5.41, 5.74) is 2.16. The minimum atomic E-state index is -0.403. The van der Waals surface area contributed by atoms with Crippen molar-refractivity contribution in [2.45, 2.75) is 18.6 Å². The van der Waals surface area contributed by atoms with Crippen LogP contribution in [0.1, 0.15) is 32.6 Å². The number of ketones is 1. The Morgan fingerprint density at radius 1 is 1.15 bits per heavy atom. The highest BCUT2D eigenvalue weighted by Crippen LogP contribution is 2.36. The van der Waals surface area contributed by atoms with Crippen LogP contribution in [-0.4, -0.2) is 40.4 Å². The maximum absolute atomic E-state index is 12.9. The molecule has 1 fully saturated rings. The van der Waals surface area contributed by atoms with Crippen LogP contribution in [0.5, 0.6) is 0 Å². The average molecular weight is 385 g/mol. The topological polar surface area (TPSA) is 53.2 Å². The number of aromatic amines is 1. The number of fused-ring (bicyclic) bond motifs is 1. The molecule has 1 saturated heterocycles. The summed E-state index contributed by atoms with van der Waals surface area (Å²) in [5.74, 6) is 0.0684. The number of carbonyl (C=O) groups is 2. The number of hydrogen-bond acceptors (Lipinski definition) is 4. The molecule has 1 amide bonds. The first-order valence-electron chi connectivity index (χ1n) is 8.71. The monoisotopic (exact) mass is 384 g/mol. The van der Waals surface area contributed by atoms with E-state index >= 15 is 0 Å². The Balaban J connectivity index is 1.53. The van der Waals surface area contributed by atoms with Crippen LogP contribution in [0.2, 0.25) is 0 Å². The highest BCUT2D eigenvalue weighted by molar-refractivity contribution is 7.99. The summed E-state index contributed by atoms with van der Waals surface area (Å²) < 4.78 is 0. The second kappa shape index (κ2) is 7.29. The van der Waals surface area contributed by atoms with Gasteiger partial charge in [-0.15, -0.1) is 11.3 Å². The van der Waals surface area contributed by atoms with Crippen molar-refractivity contribution in [1.82, 2.24) is 9.88 Å². The molecule has 1 atom stereocenters. The van der Waals surface area contributed by atoms with Crippen LogP contribution >= 0.6 is 23.1 Å². The Bertz CT molecular complexity index is 946. The molecule has 0 spiro atoms. The van der Waals surface area contributed by atoms with Crippen LogP contribution < -0.4 is 0 Å². The zero-order chi connectivity index (χ0) is 18.1. The molecule has 0 saturated carbocycles. The molecule has 6 heteroatoms. The third kappa shape index (κ3) is 3.19. The zero-order valence-corrected chi connectivity index (χ0v) is 16.2. The quantitative estimate of drug-likeness (QED) is 0.537. The van der Waals surface area contributed by atoms with Gasteiger partial charge in [0.05, 0.1) is 5.56 Å². The zero-order valence-electron chi connectivity index (χ0n) is 14.5. The molecule has 134 valence electrons. The molecule has 0 radical (unpaired) electrons. The first-order chi connectivity index (χ1) is 12.6. The number of carbonyl (C=O) groups excluding carboxylic acids is 2. The molecule has 4 rings (SSSR count). The first kappa shape index (κ1) is 17.4. The van der Waals surface area contributed by atoms with E-state index in [-0.39, 0.29) is 5.91 Å². The van der Waals surface area contributed by atoms with Gasteiger partial charge >= 0.3 is 0 Å². The van der Waals surface area contributed by atoms with Gasteiger partial charge in [0.15, 0.2) is 0 Å². The van der Waals surface area contributed by atoms with Crippen molar-refractivity contribution in [3.05, 3.63) is 57.9 Å². The van der Waals surface area contributed by atoms with Gasteiger partial charge < -0.3 is 9.88 Å². The van der Waals surface area contributed by atoms with Gasteiger partial charge in [0.2, 0.25) is 0 Å². The summed E-state index contributed by atoms with van der Waals surface area (Å²) >= 11 is 3.64. The van der Waals surface area contributed by atoms with Crippen molar-refractivity contribution >= 4 is 45.7 Å². The second-order valence-corrected chi connectivity index (χ2v) is 8.75. The number of thioether (sulfide) groups is 1. The Morgan fingerprint density at radius 3 is 2.81 bits per heavy atom. The van der Waals surface area contributed by atoms with E-state index in [1.165, 1.54) is 4.88 Å². The van der Waals surface area contributed by atoms with Crippen LogP contribution in [0.15, 0.2) is 41.8 Å². The fraction of sp³-hybridized carbons (Fsp3) is 0.300. The van der Waals surface area contributed by atoms with E-state index < -0.39 is 5.78 Å². The average Bonchev–Trinajstić information content (AvgIpc) is 3.21. The molecule has 0 bridgehead atoms. The number of nitrogens with zero attached hydrogens (tertiary/aromatic N) is 1. The van der Waals surface area contributed by atoms with Crippen LogP contribution in [0.25, 0.3) is 10.9 Å². The maximum Gasteiger partial charge on any atom is 0.295 e. The molecule has 4 nitrogen and oxygen atoms in total. The van der Waals surface area contributed by atoms with Crippen LogP contribution in [0.3, 0.4) is 0 Å². The third-order valence-corrected chi connectivity index (χ3v) is 7.25. The van der Waals surface area contributed by atoms with Crippen molar-refractivity contribution < 1.29 is 9.59 Å². The molecular formula is C20H20N2O2S2. The van der Waals surface area contributed by atoms with Crippen molar-refractivity contribution in [2.24, 2.45) is 0 Å². The van der Waals surface area contributed by atoms with Gasteiger partial charge in [0.1, 0.15) is 0 Å². The van der Waals surface area contributed by atoms with Crippen LogP contribution in [-0.2, 0) is 4.79 Å². The summed E-state index contributed by atoms with van der Waals surface area (Å²) in [6, 6.07) is 11.9. The van der Waals surface area contributed by atoms with E-state index in [2.05, 4.69) is 22.5 Å². The molecule has 26 heavy (non-hydrogen) atoms. The van der Waals surface area contributed by atoms with Gasteiger partial charge in [0, 0.05) is 45.6 Å². The minimum absolute atomic E-state index is 0.384. The number of thiophene rings is 1. The molecule has 1 aromatic carbocycles. The minimum Gasteiger partial charge on any atom is -0.358 e. The fourth-order valence-electron chi connectivity index (χ4n) is 3.50. The second-order valence-electron chi connectivity index (χ2n) is 6.46. The fourth-order valence-corrected chi connectivity index (χ4v) is 5.73. The largest absolute Gasteiger partial charge is 0.358 e. The number of rotatable bonds is 3. The number of hydrogen-bond donors (Lipinski definition) is 1. The van der Waals surface area contributed by atoms with Crippen molar-refractivity contribution in [2.75, 3.05) is 18.8 Å². The lowest BCUT2D eigenvalue weighted by atomic mass is 10.1. The van der Waals surface area contributed by atoms with E-state index in [4.69, 9.17) is 0 Å². The summed E-state index contributed by atoms with van der Waals surface area (Å²) in [5, 5.41) is 3.33. The highest BCUT2D eigenvalue weighted by Gasteiger charge is 2.29. The molecule has 2 aromatic heterocycles.